The predicted molar refractivity (Wildman–Crippen MR) is 116 cm³/mol. The molecule has 1 nitrogen and oxygen atoms in total. The highest BCUT2D eigenvalue weighted by atomic mass is 15.1. The minimum Gasteiger partial charge on any atom is -0.196 e. The van der Waals surface area contributed by atoms with Crippen molar-refractivity contribution < 1.29 is 4.58 Å². The van der Waals surface area contributed by atoms with Crippen molar-refractivity contribution in [2.24, 2.45) is 5.41 Å². The molecule has 1 heteroatoms. The first-order valence-electron chi connectivity index (χ1n) is 9.81. The summed E-state index contributed by atoms with van der Waals surface area (Å²) in [7, 11) is 0. The van der Waals surface area contributed by atoms with Gasteiger partial charge in [-0.25, -0.2) is 0 Å². The Morgan fingerprint density at radius 2 is 1.58 bits per heavy atom. The molecule has 0 saturated heterocycles. The predicted octanol–water partition coefficient (Wildman–Crippen LogP) is 7.14. The Morgan fingerprint density at radius 3 is 2.00 bits per heavy atom. The number of para-hydroxylation sites is 1. The summed E-state index contributed by atoms with van der Waals surface area (Å²) in [5, 5.41) is 0. The molecule has 0 amide bonds. The van der Waals surface area contributed by atoms with Crippen molar-refractivity contribution in [1.29, 1.82) is 0 Å². The van der Waals surface area contributed by atoms with Gasteiger partial charge in [0.2, 0.25) is 5.69 Å². The van der Waals surface area contributed by atoms with Crippen molar-refractivity contribution >= 4 is 11.9 Å². The zero-order valence-electron chi connectivity index (χ0n) is 17.8. The molecule has 1 aromatic rings. The number of allylic oxidation sites excluding steroid dienone is 4. The summed E-state index contributed by atoms with van der Waals surface area (Å²) in [5.74, 6) is 0.977. The summed E-state index contributed by atoms with van der Waals surface area (Å²) in [6, 6.07) is 6.79. The van der Waals surface area contributed by atoms with Crippen LogP contribution in [0.3, 0.4) is 0 Å². The van der Waals surface area contributed by atoms with Crippen LogP contribution < -0.4 is 0 Å². The van der Waals surface area contributed by atoms with Crippen LogP contribution in [0.4, 0.5) is 5.69 Å². The molecule has 1 aliphatic heterocycles. The van der Waals surface area contributed by atoms with Crippen molar-refractivity contribution in [2.45, 2.75) is 72.3 Å². The van der Waals surface area contributed by atoms with Gasteiger partial charge in [0.05, 0.1) is 5.41 Å². The van der Waals surface area contributed by atoms with Crippen LogP contribution in [-0.2, 0) is 0 Å². The van der Waals surface area contributed by atoms with Crippen LogP contribution in [0, 0.1) is 5.41 Å². The second-order valence-electron chi connectivity index (χ2n) is 9.06. The van der Waals surface area contributed by atoms with Gasteiger partial charge >= 0.3 is 0 Å². The van der Waals surface area contributed by atoms with Crippen LogP contribution in [0.2, 0.25) is 0 Å². The van der Waals surface area contributed by atoms with Gasteiger partial charge < -0.3 is 0 Å². The molecule has 1 atom stereocenters. The van der Waals surface area contributed by atoms with Crippen LogP contribution in [0.25, 0.3) is 0 Å². The Labute approximate surface area is 160 Å². The van der Waals surface area contributed by atoms with E-state index in [-0.39, 0.29) is 11.0 Å². The van der Waals surface area contributed by atoms with Crippen LogP contribution in [0.1, 0.15) is 77.8 Å². The average molecular weight is 351 g/mol. The van der Waals surface area contributed by atoms with Crippen LogP contribution in [-0.4, -0.2) is 16.3 Å². The van der Waals surface area contributed by atoms with Crippen LogP contribution in [0.15, 0.2) is 55.2 Å². The Bertz CT molecular complexity index is 732. The van der Waals surface area contributed by atoms with Gasteiger partial charge in [0, 0.05) is 31.4 Å². The maximum atomic E-state index is 4.05. The van der Waals surface area contributed by atoms with Crippen molar-refractivity contribution in [1.82, 2.24) is 0 Å². The minimum atomic E-state index is -0.0439. The van der Waals surface area contributed by atoms with E-state index in [0.29, 0.717) is 11.8 Å². The topological polar surface area (TPSA) is 3.01 Å². The second-order valence-corrected chi connectivity index (χ2v) is 9.06. The van der Waals surface area contributed by atoms with Gasteiger partial charge in [-0.05, 0) is 24.3 Å². The molecule has 1 heterocycles. The van der Waals surface area contributed by atoms with Gasteiger partial charge in [-0.15, -0.1) is 0 Å². The van der Waals surface area contributed by atoms with E-state index in [1.165, 1.54) is 22.4 Å². The van der Waals surface area contributed by atoms with Crippen LogP contribution in [0.5, 0.6) is 0 Å². The Balaban J connectivity index is 2.78. The lowest BCUT2D eigenvalue weighted by Crippen LogP contribution is -2.31. The number of hydrogen-bond acceptors (Lipinski definition) is 0. The highest BCUT2D eigenvalue weighted by Crippen LogP contribution is 2.47. The molecule has 1 aliphatic rings. The van der Waals surface area contributed by atoms with Crippen molar-refractivity contribution in [2.75, 3.05) is 0 Å². The normalized spacial score (nSPS) is 22.7. The van der Waals surface area contributed by atoms with E-state index in [2.05, 4.69) is 96.7 Å². The zero-order valence-corrected chi connectivity index (χ0v) is 17.8. The molecule has 26 heavy (non-hydrogen) atoms. The molecular weight excluding hydrogens is 314 g/mol. The molecule has 0 bridgehead atoms. The largest absolute Gasteiger partial charge is 0.212 e. The molecular formula is C25H36N+. The molecule has 0 saturated carbocycles. The summed E-state index contributed by atoms with van der Waals surface area (Å²) in [4.78, 5) is 0. The maximum Gasteiger partial charge on any atom is 0.212 e. The lowest BCUT2D eigenvalue weighted by molar-refractivity contribution is -0.513. The first-order chi connectivity index (χ1) is 12.1. The molecule has 2 rings (SSSR count). The molecule has 0 aromatic heterocycles. The number of benzene rings is 1. The molecule has 0 spiro atoms. The first kappa shape index (κ1) is 20.4. The summed E-state index contributed by atoms with van der Waals surface area (Å²) < 4.78 is 2.54. The molecule has 0 fully saturated rings. The third kappa shape index (κ3) is 3.63. The standard InChI is InChI=1S/C25H36N/c1-10-13-20(11-2)25(9)16-24(7,8)26(17-25)23-21(18(3)4)14-12-15-22(23)19(5)6/h10-15,17-19H,1-2,16H2,3-9H3/q+1/b20-13+. The number of hydrogen-bond donors (Lipinski definition) is 0. The molecule has 0 radical (unpaired) electrons. The van der Waals surface area contributed by atoms with Crippen LogP contribution >= 0.6 is 0 Å². The van der Waals surface area contributed by atoms with Gasteiger partial charge in [0.25, 0.3) is 0 Å². The zero-order chi connectivity index (χ0) is 19.7. The summed E-state index contributed by atoms with van der Waals surface area (Å²) >= 11 is 0. The Hall–Kier alpha value is -1.89. The third-order valence-electron chi connectivity index (χ3n) is 5.63. The fourth-order valence-corrected chi connectivity index (χ4v) is 4.44. The maximum absolute atomic E-state index is 4.05. The lowest BCUT2D eigenvalue weighted by Gasteiger charge is -2.24. The number of nitrogens with zero attached hydrogens (tertiary/aromatic N) is 1. The molecule has 1 aromatic carbocycles. The monoisotopic (exact) mass is 350 g/mol. The smallest absolute Gasteiger partial charge is 0.196 e. The average Bonchev–Trinajstić information content (AvgIpc) is 2.81. The number of rotatable bonds is 6. The fraction of sp³-hybridized carbons (Fsp3) is 0.480. The highest BCUT2D eigenvalue weighted by molar-refractivity contribution is 5.72. The van der Waals surface area contributed by atoms with E-state index < -0.39 is 0 Å². The SMILES string of the molecule is C=C/C=C(\C=C)C1(C)C=[N+](c2c(C(C)C)cccc2C(C)C)C(C)(C)C1. The first-order valence-corrected chi connectivity index (χ1v) is 9.81. The minimum absolute atomic E-state index is 0.0344. The van der Waals surface area contributed by atoms with Crippen molar-refractivity contribution in [3.05, 3.63) is 66.3 Å². The van der Waals surface area contributed by atoms with E-state index in [0.717, 1.165) is 6.42 Å². The third-order valence-corrected chi connectivity index (χ3v) is 5.63. The van der Waals surface area contributed by atoms with Gasteiger partial charge in [-0.2, -0.15) is 4.58 Å². The van der Waals surface area contributed by atoms with Gasteiger partial charge in [0.1, 0.15) is 0 Å². The van der Waals surface area contributed by atoms with E-state index in [4.69, 9.17) is 0 Å². The lowest BCUT2D eigenvalue weighted by atomic mass is 9.76. The molecule has 0 N–H and O–H groups in total. The van der Waals surface area contributed by atoms with Crippen molar-refractivity contribution in [3.63, 3.8) is 0 Å². The van der Waals surface area contributed by atoms with E-state index in [1.54, 1.807) is 0 Å². The summed E-state index contributed by atoms with van der Waals surface area (Å²) in [6.45, 7) is 24.1. The molecule has 140 valence electrons. The Morgan fingerprint density at radius 1 is 1.04 bits per heavy atom. The van der Waals surface area contributed by atoms with Crippen molar-refractivity contribution in [3.8, 4) is 0 Å². The summed E-state index contributed by atoms with van der Waals surface area (Å²) in [5.41, 5.74) is 5.48. The van der Waals surface area contributed by atoms with E-state index >= 15 is 0 Å². The van der Waals surface area contributed by atoms with Gasteiger partial charge in [0.15, 0.2) is 11.8 Å². The van der Waals surface area contributed by atoms with E-state index in [1.807, 2.05) is 12.2 Å². The quantitative estimate of drug-likeness (QED) is 0.379. The summed E-state index contributed by atoms with van der Waals surface area (Å²) in [6.07, 6.45) is 9.43. The van der Waals surface area contributed by atoms with Gasteiger partial charge in [-0.3, -0.25) is 0 Å². The Kier molecular flexibility index (Phi) is 5.80. The highest BCUT2D eigenvalue weighted by Gasteiger charge is 2.50. The fourth-order valence-electron chi connectivity index (χ4n) is 4.44. The second kappa shape index (κ2) is 7.39. The van der Waals surface area contributed by atoms with Gasteiger partial charge in [-0.1, -0.05) is 77.3 Å². The molecule has 1 unspecified atom stereocenters. The molecule has 0 aliphatic carbocycles. The van der Waals surface area contributed by atoms with E-state index in [9.17, 15) is 0 Å².